The number of halogens is 1. The Morgan fingerprint density at radius 2 is 1.58 bits per heavy atom. The fraction of sp³-hybridized carbons (Fsp3) is 0.636. The lowest BCUT2D eigenvalue weighted by Gasteiger charge is -2.15. The molecule has 1 aromatic rings. The van der Waals surface area contributed by atoms with Crippen LogP contribution in [0.1, 0.15) is 67.2 Å². The van der Waals surface area contributed by atoms with Crippen molar-refractivity contribution in [1.82, 2.24) is 0 Å². The van der Waals surface area contributed by atoms with E-state index in [1.54, 1.807) is 19.8 Å². The van der Waals surface area contributed by atoms with E-state index >= 15 is 0 Å². The minimum Gasteiger partial charge on any atom is -0.356 e. The average molecular weight is 490 g/mol. The number of hydrogen-bond acceptors (Lipinski definition) is 2. The summed E-state index contributed by atoms with van der Waals surface area (Å²) in [7, 11) is 3.42. The van der Waals surface area contributed by atoms with Gasteiger partial charge in [-0.1, -0.05) is 46.7 Å². The normalized spacial score (nSPS) is 12.3. The molecule has 148 valence electrons. The molecular weight excluding hydrogens is 454 g/mol. The minimum atomic E-state index is -0.0346. The molecule has 26 heavy (non-hydrogen) atoms. The Bertz CT molecular complexity index is 554. The first-order valence-electron chi connectivity index (χ1n) is 9.72. The van der Waals surface area contributed by atoms with E-state index < -0.39 is 0 Å². The molecule has 0 aliphatic carbocycles. The van der Waals surface area contributed by atoms with Crippen molar-refractivity contribution >= 4 is 33.6 Å². The second-order valence-electron chi connectivity index (χ2n) is 6.96. The molecule has 0 saturated carbocycles. The van der Waals surface area contributed by atoms with E-state index in [0.29, 0.717) is 0 Å². The molecule has 0 amide bonds. The third-order valence-electron chi connectivity index (χ3n) is 5.25. The van der Waals surface area contributed by atoms with E-state index in [2.05, 4.69) is 61.0 Å². The van der Waals surface area contributed by atoms with Crippen molar-refractivity contribution < 1.29 is 9.47 Å². The zero-order valence-corrected chi connectivity index (χ0v) is 20.3. The van der Waals surface area contributed by atoms with Gasteiger partial charge < -0.3 is 9.47 Å². The number of methoxy groups -OCH3 is 2. The summed E-state index contributed by atoms with van der Waals surface area (Å²) in [6.45, 7) is 6.82. The molecule has 0 heterocycles. The third-order valence-corrected chi connectivity index (χ3v) is 7.72. The molecule has 1 unspecified atom stereocenters. The van der Waals surface area contributed by atoms with Crippen molar-refractivity contribution in [1.29, 1.82) is 0 Å². The summed E-state index contributed by atoms with van der Waals surface area (Å²) in [5, 5.41) is 1.53. The first-order chi connectivity index (χ1) is 12.5. The van der Waals surface area contributed by atoms with Crippen molar-refractivity contribution in [2.24, 2.45) is 0 Å². The maximum Gasteiger partial charge on any atom is 0.156 e. The van der Waals surface area contributed by atoms with Gasteiger partial charge in [0.05, 0.1) is 0 Å². The van der Waals surface area contributed by atoms with Crippen molar-refractivity contribution in [2.75, 3.05) is 14.2 Å². The van der Waals surface area contributed by atoms with Crippen LogP contribution in [0.3, 0.4) is 0 Å². The number of unbranched alkanes of at least 4 members (excludes halogenated alkanes) is 4. The summed E-state index contributed by atoms with van der Waals surface area (Å²) in [5.74, 6) is 0. The van der Waals surface area contributed by atoms with Crippen LogP contribution in [0, 0.1) is 20.8 Å². The summed E-state index contributed by atoms with van der Waals surface area (Å²) >= 11 is 2.50. The molecule has 0 radical (unpaired) electrons. The zero-order chi connectivity index (χ0) is 19.4. The van der Waals surface area contributed by atoms with Crippen LogP contribution in [-0.2, 0) is 15.9 Å². The van der Waals surface area contributed by atoms with E-state index in [4.69, 9.17) is 9.47 Å². The zero-order valence-electron chi connectivity index (χ0n) is 17.2. The van der Waals surface area contributed by atoms with Crippen LogP contribution < -0.4 is 5.30 Å². The molecule has 4 heteroatoms. The Morgan fingerprint density at radius 3 is 2.19 bits per heavy atom. The summed E-state index contributed by atoms with van der Waals surface area (Å²) in [6.07, 6.45) is 15.0. The van der Waals surface area contributed by atoms with Crippen LogP contribution in [0.2, 0.25) is 0 Å². The highest BCUT2D eigenvalue weighted by molar-refractivity contribution is 14.2. The SMILES string of the molecule is COC(CCCCC/C=C/CCCc1cc(PI)c(C)c(C)c1C)OC. The predicted molar refractivity (Wildman–Crippen MR) is 126 cm³/mol. The lowest BCUT2D eigenvalue weighted by Crippen LogP contribution is -2.12. The molecule has 1 atom stereocenters. The highest BCUT2D eigenvalue weighted by Crippen LogP contribution is 2.27. The van der Waals surface area contributed by atoms with Gasteiger partial charge in [-0.15, -0.1) is 0 Å². The average Bonchev–Trinajstić information content (AvgIpc) is 2.66. The summed E-state index contributed by atoms with van der Waals surface area (Å²) in [6, 6.07) is 2.44. The van der Waals surface area contributed by atoms with Crippen molar-refractivity contribution in [3.8, 4) is 0 Å². The van der Waals surface area contributed by atoms with Crippen LogP contribution in [0.4, 0.5) is 0 Å². The molecule has 0 N–H and O–H groups in total. The van der Waals surface area contributed by atoms with Gasteiger partial charge in [0.15, 0.2) is 6.29 Å². The fourth-order valence-corrected chi connectivity index (χ4v) is 5.44. The smallest absolute Gasteiger partial charge is 0.156 e. The maximum absolute atomic E-state index is 5.21. The van der Waals surface area contributed by atoms with E-state index in [1.165, 1.54) is 66.9 Å². The van der Waals surface area contributed by atoms with Gasteiger partial charge in [0.25, 0.3) is 0 Å². The van der Waals surface area contributed by atoms with Gasteiger partial charge in [-0.3, -0.25) is 0 Å². The van der Waals surface area contributed by atoms with E-state index in [9.17, 15) is 0 Å². The lowest BCUT2D eigenvalue weighted by atomic mass is 9.95. The quantitative estimate of drug-likeness (QED) is 0.101. The first kappa shape index (κ1) is 24.1. The Hall–Kier alpha value is 0.0400. The van der Waals surface area contributed by atoms with Gasteiger partial charge in [0.1, 0.15) is 0 Å². The van der Waals surface area contributed by atoms with Gasteiger partial charge in [-0.25, -0.2) is 0 Å². The van der Waals surface area contributed by atoms with E-state index in [1.807, 2.05) is 0 Å². The minimum absolute atomic E-state index is 0.0346. The van der Waals surface area contributed by atoms with Crippen LogP contribution in [0.15, 0.2) is 18.2 Å². The van der Waals surface area contributed by atoms with Crippen LogP contribution in [-0.4, -0.2) is 20.5 Å². The first-order valence-corrected chi connectivity index (χ1v) is 13.8. The fourth-order valence-electron chi connectivity index (χ4n) is 3.20. The van der Waals surface area contributed by atoms with Crippen LogP contribution >= 0.6 is 28.3 Å². The predicted octanol–water partition coefficient (Wildman–Crippen LogP) is 6.71. The number of rotatable bonds is 13. The molecule has 0 aromatic heterocycles. The standard InChI is InChI=1S/C22H36IO2P/c1-17-18(2)20(16-21(26-23)19(17)3)14-12-10-8-6-7-9-11-13-15-22(24-4)25-5/h6,8,16,22,26H,7,9-15H2,1-5H3/b8-6+. The number of ether oxygens (including phenoxy) is 2. The molecule has 0 saturated heterocycles. The Kier molecular flexibility index (Phi) is 13.1. The summed E-state index contributed by atoms with van der Waals surface area (Å²) < 4.78 is 10.4. The summed E-state index contributed by atoms with van der Waals surface area (Å²) in [4.78, 5) is 0. The van der Waals surface area contributed by atoms with Gasteiger partial charge >= 0.3 is 0 Å². The van der Waals surface area contributed by atoms with Gasteiger partial charge in [0, 0.05) is 14.2 Å². The Morgan fingerprint density at radius 1 is 0.923 bits per heavy atom. The molecule has 0 aliphatic rings. The van der Waals surface area contributed by atoms with Crippen molar-refractivity contribution in [3.05, 3.63) is 40.5 Å². The monoisotopic (exact) mass is 490 g/mol. The Balaban J connectivity index is 2.23. The number of hydrogen-bond donors (Lipinski definition) is 0. The molecular formula is C22H36IO2P. The van der Waals surface area contributed by atoms with Crippen molar-refractivity contribution in [3.63, 3.8) is 0 Å². The molecule has 0 bridgehead atoms. The van der Waals surface area contributed by atoms with E-state index in [-0.39, 0.29) is 6.29 Å². The van der Waals surface area contributed by atoms with Gasteiger partial charge in [-0.2, -0.15) is 0 Å². The van der Waals surface area contributed by atoms with Crippen LogP contribution in [0.5, 0.6) is 0 Å². The Labute approximate surface area is 175 Å². The van der Waals surface area contributed by atoms with Crippen LogP contribution in [0.25, 0.3) is 0 Å². The highest BCUT2D eigenvalue weighted by atomic mass is 127. The molecule has 1 rings (SSSR count). The molecule has 0 aliphatic heterocycles. The third kappa shape index (κ3) is 8.37. The molecule has 0 spiro atoms. The topological polar surface area (TPSA) is 18.5 Å². The van der Waals surface area contributed by atoms with Gasteiger partial charge in [-0.05, 0) is 99.5 Å². The second-order valence-corrected chi connectivity index (χ2v) is 9.30. The highest BCUT2D eigenvalue weighted by Gasteiger charge is 2.08. The number of allylic oxidation sites excluding steroid dienone is 2. The molecule has 2 nitrogen and oxygen atoms in total. The summed E-state index contributed by atoms with van der Waals surface area (Å²) in [5.41, 5.74) is 6.02. The number of aryl methyl sites for hydroxylation is 1. The van der Waals surface area contributed by atoms with Gasteiger partial charge in [0.2, 0.25) is 0 Å². The van der Waals surface area contributed by atoms with Crippen molar-refractivity contribution in [2.45, 2.75) is 78.4 Å². The number of benzene rings is 1. The maximum atomic E-state index is 5.21. The second kappa shape index (κ2) is 14.1. The van der Waals surface area contributed by atoms with E-state index in [0.717, 1.165) is 12.6 Å². The molecule has 1 aromatic carbocycles. The largest absolute Gasteiger partial charge is 0.356 e. The lowest BCUT2D eigenvalue weighted by molar-refractivity contribution is -0.107. The molecule has 0 fully saturated rings.